The van der Waals surface area contributed by atoms with Gasteiger partial charge in [0.15, 0.2) is 10.3 Å². The van der Waals surface area contributed by atoms with Crippen LogP contribution in [0.5, 0.6) is 11.6 Å². The van der Waals surface area contributed by atoms with Gasteiger partial charge >= 0.3 is 6.16 Å². The molecule has 4 heterocycles. The van der Waals surface area contributed by atoms with Crippen molar-refractivity contribution >= 4 is 60.9 Å². The minimum Gasteiger partial charge on any atom is -0.494 e. The molecule has 0 saturated carbocycles. The molecule has 13 heteroatoms. The van der Waals surface area contributed by atoms with Crippen molar-refractivity contribution in [2.75, 3.05) is 61.5 Å². The van der Waals surface area contributed by atoms with Crippen LogP contribution in [0.2, 0.25) is 0 Å². The maximum absolute atomic E-state index is 13.5. The van der Waals surface area contributed by atoms with Crippen molar-refractivity contribution in [2.45, 2.75) is 25.8 Å². The van der Waals surface area contributed by atoms with Crippen molar-refractivity contribution in [2.24, 2.45) is 0 Å². The Labute approximate surface area is 286 Å². The Morgan fingerprint density at radius 3 is 2.52 bits per heavy atom. The third-order valence-corrected chi connectivity index (χ3v) is 10.8. The average molecular weight is 685 g/mol. The second kappa shape index (κ2) is 14.2. The van der Waals surface area contributed by atoms with E-state index in [1.165, 1.54) is 28.4 Å². The zero-order chi connectivity index (χ0) is 33.0. The summed E-state index contributed by atoms with van der Waals surface area (Å²) < 4.78 is 12.1. The second-order valence-corrected chi connectivity index (χ2v) is 14.0. The molecule has 2 aliphatic heterocycles. The molecule has 0 radical (unpaired) electrons. The van der Waals surface area contributed by atoms with Crippen LogP contribution in [-0.2, 0) is 19.4 Å². The van der Waals surface area contributed by atoms with Gasteiger partial charge in [0, 0.05) is 50.5 Å². The number of carbonyl (C=O) groups is 2. The number of para-hydroxylation sites is 1. The van der Waals surface area contributed by atoms with E-state index in [0.29, 0.717) is 48.4 Å². The summed E-state index contributed by atoms with van der Waals surface area (Å²) in [5.41, 5.74) is 4.66. The first-order valence-electron chi connectivity index (χ1n) is 16.0. The predicted octanol–water partition coefficient (Wildman–Crippen LogP) is 6.39. The highest BCUT2D eigenvalue weighted by Crippen LogP contribution is 2.36. The number of nitrogens with one attached hydrogen (secondary N) is 1. The van der Waals surface area contributed by atoms with Crippen molar-refractivity contribution in [1.29, 1.82) is 0 Å². The normalized spacial score (nSPS) is 14.9. The average Bonchev–Trinajstić information content (AvgIpc) is 3.69. The molecule has 0 unspecified atom stereocenters. The monoisotopic (exact) mass is 684 g/mol. The lowest BCUT2D eigenvalue weighted by Crippen LogP contribution is -2.44. The van der Waals surface area contributed by atoms with Crippen LogP contribution in [0.25, 0.3) is 10.2 Å². The SMILES string of the molecule is CN1CCN(c2ccc(OCCCc3sc(N4CCc5cccc(C(=O)Nc6nc7ccccc7s6)c5C4)nc3OC(=O)O)cc2)CC1. The van der Waals surface area contributed by atoms with Gasteiger partial charge in [0.25, 0.3) is 5.91 Å². The Hall–Kier alpha value is -4.72. The Morgan fingerprint density at radius 2 is 1.73 bits per heavy atom. The van der Waals surface area contributed by atoms with Crippen molar-refractivity contribution < 1.29 is 24.2 Å². The molecule has 1 saturated heterocycles. The molecule has 248 valence electrons. The van der Waals surface area contributed by atoms with Gasteiger partial charge in [0.1, 0.15) is 5.75 Å². The van der Waals surface area contributed by atoms with E-state index in [1.807, 2.05) is 54.6 Å². The van der Waals surface area contributed by atoms with E-state index in [9.17, 15) is 14.7 Å². The lowest BCUT2D eigenvalue weighted by molar-refractivity contribution is 0.102. The highest BCUT2D eigenvalue weighted by atomic mass is 32.1. The van der Waals surface area contributed by atoms with E-state index in [0.717, 1.165) is 64.6 Å². The van der Waals surface area contributed by atoms with Crippen LogP contribution in [0.1, 0.15) is 32.8 Å². The third kappa shape index (κ3) is 7.23. The Kier molecular flexibility index (Phi) is 9.41. The summed E-state index contributed by atoms with van der Waals surface area (Å²) in [5, 5.41) is 13.6. The number of aromatic nitrogens is 2. The van der Waals surface area contributed by atoms with Gasteiger partial charge in [-0.15, -0.1) is 0 Å². The molecule has 48 heavy (non-hydrogen) atoms. The van der Waals surface area contributed by atoms with Gasteiger partial charge in [-0.25, -0.2) is 9.78 Å². The number of amides is 1. The number of carbonyl (C=O) groups excluding carboxylic acids is 1. The van der Waals surface area contributed by atoms with Crippen LogP contribution < -0.4 is 24.6 Å². The topological polar surface area (TPSA) is 120 Å². The van der Waals surface area contributed by atoms with E-state index < -0.39 is 6.16 Å². The zero-order valence-electron chi connectivity index (χ0n) is 26.6. The molecular weight excluding hydrogens is 649 g/mol. The van der Waals surface area contributed by atoms with Gasteiger partial charge in [-0.1, -0.05) is 46.9 Å². The molecule has 2 aromatic heterocycles. The molecule has 7 rings (SSSR count). The molecule has 1 fully saturated rings. The van der Waals surface area contributed by atoms with Gasteiger partial charge in [-0.05, 0) is 79.9 Å². The molecule has 0 atom stereocenters. The van der Waals surface area contributed by atoms with Crippen LogP contribution in [-0.4, -0.2) is 78.4 Å². The van der Waals surface area contributed by atoms with Crippen LogP contribution in [0.4, 0.5) is 20.7 Å². The van der Waals surface area contributed by atoms with E-state index in [-0.39, 0.29) is 11.8 Å². The number of hydrogen-bond acceptors (Lipinski definition) is 11. The molecule has 5 aromatic rings. The van der Waals surface area contributed by atoms with Gasteiger partial charge in [-0.2, -0.15) is 4.98 Å². The highest BCUT2D eigenvalue weighted by Gasteiger charge is 2.26. The molecule has 11 nitrogen and oxygen atoms in total. The van der Waals surface area contributed by atoms with E-state index in [4.69, 9.17) is 9.47 Å². The number of aryl methyl sites for hydroxylation is 1. The predicted molar refractivity (Wildman–Crippen MR) is 190 cm³/mol. The van der Waals surface area contributed by atoms with Gasteiger partial charge in [-0.3, -0.25) is 10.1 Å². The zero-order valence-corrected chi connectivity index (χ0v) is 28.2. The number of likely N-dealkylation sites (N-methyl/N-ethyl adjacent to an activating group) is 1. The quantitative estimate of drug-likeness (QED) is 0.127. The van der Waals surface area contributed by atoms with E-state index in [2.05, 4.69) is 49.2 Å². The molecule has 2 N–H and O–H groups in total. The third-order valence-electron chi connectivity index (χ3n) is 8.66. The fourth-order valence-electron chi connectivity index (χ4n) is 6.07. The lowest BCUT2D eigenvalue weighted by atomic mass is 9.94. The second-order valence-electron chi connectivity index (χ2n) is 11.9. The number of ether oxygens (including phenoxy) is 2. The minimum atomic E-state index is -1.40. The molecule has 0 aliphatic carbocycles. The van der Waals surface area contributed by atoms with E-state index >= 15 is 0 Å². The van der Waals surface area contributed by atoms with Gasteiger partial charge in [0.05, 0.1) is 21.7 Å². The molecular formula is C35H36N6O5S2. The Morgan fingerprint density at radius 1 is 0.917 bits per heavy atom. The fourth-order valence-corrected chi connectivity index (χ4v) is 7.98. The summed E-state index contributed by atoms with van der Waals surface area (Å²) in [6, 6.07) is 21.8. The molecule has 0 bridgehead atoms. The number of anilines is 3. The van der Waals surface area contributed by atoms with Crippen molar-refractivity contribution in [3.05, 3.63) is 88.3 Å². The minimum absolute atomic E-state index is 0.103. The van der Waals surface area contributed by atoms with Crippen LogP contribution in [0.15, 0.2) is 66.7 Å². The van der Waals surface area contributed by atoms with Gasteiger partial charge in [0.2, 0.25) is 5.88 Å². The maximum Gasteiger partial charge on any atom is 0.512 e. The Balaban J connectivity index is 0.994. The molecule has 0 spiro atoms. The highest BCUT2D eigenvalue weighted by molar-refractivity contribution is 7.22. The maximum atomic E-state index is 13.5. The first-order valence-corrected chi connectivity index (χ1v) is 17.6. The first-order chi connectivity index (χ1) is 23.4. The fraction of sp³-hybridized carbons (Fsp3) is 0.314. The number of thiazole rings is 2. The summed E-state index contributed by atoms with van der Waals surface area (Å²) in [7, 11) is 2.15. The number of benzene rings is 3. The smallest absolute Gasteiger partial charge is 0.494 e. The number of nitrogens with zero attached hydrogens (tertiary/aromatic N) is 5. The van der Waals surface area contributed by atoms with E-state index in [1.54, 1.807) is 0 Å². The number of piperazine rings is 1. The number of hydrogen-bond donors (Lipinski definition) is 2. The van der Waals surface area contributed by atoms with Crippen molar-refractivity contribution in [3.63, 3.8) is 0 Å². The van der Waals surface area contributed by atoms with Crippen molar-refractivity contribution in [3.8, 4) is 11.6 Å². The van der Waals surface area contributed by atoms with Crippen molar-refractivity contribution in [1.82, 2.24) is 14.9 Å². The number of carboxylic acid groups (broad SMARTS) is 1. The number of rotatable bonds is 10. The summed E-state index contributed by atoms with van der Waals surface area (Å²) in [5.74, 6) is 0.693. The largest absolute Gasteiger partial charge is 0.512 e. The summed E-state index contributed by atoms with van der Waals surface area (Å²) >= 11 is 2.86. The molecule has 2 aliphatic rings. The molecule has 3 aromatic carbocycles. The van der Waals surface area contributed by atoms with Crippen LogP contribution in [0, 0.1) is 0 Å². The van der Waals surface area contributed by atoms with Gasteiger partial charge < -0.3 is 29.3 Å². The Bertz CT molecular complexity index is 1890. The standard InChI is InChI=1S/C35H36N6O5S2/c1-39-17-19-40(20-18-39)24-11-13-25(14-12-24)45-21-5-10-30-32(46-35(43)44)38-34(48-30)41-16-15-23-6-4-7-26(27(23)22-41)31(42)37-33-36-28-8-2-3-9-29(28)47-33/h2-4,6-9,11-14H,5,10,15-22H2,1H3,(H,43,44)(H,36,37,42). The number of fused-ring (bicyclic) bond motifs is 2. The van der Waals surface area contributed by atoms with Crippen LogP contribution in [0.3, 0.4) is 0 Å². The first kappa shape index (κ1) is 31.9. The van der Waals surface area contributed by atoms with Crippen LogP contribution >= 0.6 is 22.7 Å². The molecule has 1 amide bonds. The summed E-state index contributed by atoms with van der Waals surface area (Å²) in [6.45, 7) is 5.76. The lowest BCUT2D eigenvalue weighted by Gasteiger charge is -2.34. The summed E-state index contributed by atoms with van der Waals surface area (Å²) in [4.78, 5) is 41.7. The summed E-state index contributed by atoms with van der Waals surface area (Å²) in [6.07, 6.45) is 0.544.